The highest BCUT2D eigenvalue weighted by atomic mass is 15.1. The maximum Gasteiger partial charge on any atom is 0.0503 e. The van der Waals surface area contributed by atoms with Crippen molar-refractivity contribution < 1.29 is 0 Å². The molecule has 2 rings (SSSR count). The van der Waals surface area contributed by atoms with Gasteiger partial charge in [0.25, 0.3) is 0 Å². The lowest BCUT2D eigenvalue weighted by Gasteiger charge is -2.24. The Balaban J connectivity index is 2.48. The molecule has 1 aliphatic rings. The molecule has 0 amide bonds. The van der Waals surface area contributed by atoms with Crippen LogP contribution in [0, 0.1) is 0 Å². The second-order valence-electron chi connectivity index (χ2n) is 4.83. The van der Waals surface area contributed by atoms with Crippen molar-refractivity contribution in [1.29, 1.82) is 0 Å². The molecule has 1 heterocycles. The van der Waals surface area contributed by atoms with E-state index in [2.05, 4.69) is 73.4 Å². The summed E-state index contributed by atoms with van der Waals surface area (Å²) < 4.78 is 0. The van der Waals surface area contributed by atoms with E-state index in [-0.39, 0.29) is 0 Å². The van der Waals surface area contributed by atoms with Crippen molar-refractivity contribution in [3.8, 4) is 0 Å². The Kier molecular flexibility index (Phi) is 4.46. The van der Waals surface area contributed by atoms with Gasteiger partial charge in [-0.2, -0.15) is 0 Å². The van der Waals surface area contributed by atoms with Gasteiger partial charge in [0.15, 0.2) is 0 Å². The molecular formula is C18H22N2. The highest BCUT2D eigenvalue weighted by Gasteiger charge is 2.11. The number of hydrogen-bond acceptors (Lipinski definition) is 2. The van der Waals surface area contributed by atoms with E-state index in [0.29, 0.717) is 0 Å². The quantitative estimate of drug-likeness (QED) is 0.893. The number of allylic oxidation sites excluding steroid dienone is 4. The third-order valence-corrected chi connectivity index (χ3v) is 3.59. The fraction of sp³-hybridized carbons (Fsp3) is 0.222. The molecule has 0 atom stereocenters. The van der Waals surface area contributed by atoms with Gasteiger partial charge in [0.1, 0.15) is 0 Å². The Hall–Kier alpha value is -2.22. The van der Waals surface area contributed by atoms with E-state index in [0.717, 1.165) is 23.4 Å². The zero-order chi connectivity index (χ0) is 14.5. The molecule has 104 valence electrons. The minimum Gasteiger partial charge on any atom is -0.388 e. The van der Waals surface area contributed by atoms with E-state index in [1.54, 1.807) is 0 Å². The van der Waals surface area contributed by atoms with Crippen LogP contribution in [0.25, 0.3) is 5.57 Å². The highest BCUT2D eigenvalue weighted by Crippen LogP contribution is 2.26. The molecule has 0 aromatic heterocycles. The third kappa shape index (κ3) is 2.85. The smallest absolute Gasteiger partial charge is 0.0503 e. The fourth-order valence-electron chi connectivity index (χ4n) is 2.28. The summed E-state index contributed by atoms with van der Waals surface area (Å²) in [5, 5.41) is 3.18. The van der Waals surface area contributed by atoms with Crippen molar-refractivity contribution >= 4 is 5.57 Å². The first-order valence-corrected chi connectivity index (χ1v) is 6.96. The van der Waals surface area contributed by atoms with Crippen LogP contribution >= 0.6 is 0 Å². The molecule has 1 aromatic rings. The summed E-state index contributed by atoms with van der Waals surface area (Å²) in [7, 11) is 3.99. The number of rotatable bonds is 4. The maximum atomic E-state index is 3.98. The Morgan fingerprint density at radius 1 is 1.30 bits per heavy atom. The van der Waals surface area contributed by atoms with Gasteiger partial charge in [0.05, 0.1) is 5.70 Å². The molecular weight excluding hydrogens is 244 g/mol. The Bertz CT molecular complexity index is 574. The van der Waals surface area contributed by atoms with Gasteiger partial charge in [-0.3, -0.25) is 0 Å². The molecule has 1 aliphatic heterocycles. The van der Waals surface area contributed by atoms with Crippen molar-refractivity contribution in [2.45, 2.75) is 13.3 Å². The van der Waals surface area contributed by atoms with Crippen molar-refractivity contribution in [2.24, 2.45) is 0 Å². The molecule has 1 aromatic carbocycles. The summed E-state index contributed by atoms with van der Waals surface area (Å²) in [5.74, 6) is 0. The SMILES string of the molecule is C=C/C(=C1/C=C(NC)C=CN1C)c1ccc(CC)cc1. The van der Waals surface area contributed by atoms with Crippen molar-refractivity contribution in [1.82, 2.24) is 10.2 Å². The molecule has 20 heavy (non-hydrogen) atoms. The van der Waals surface area contributed by atoms with Crippen LogP contribution in [-0.4, -0.2) is 19.0 Å². The van der Waals surface area contributed by atoms with Crippen LogP contribution in [0.1, 0.15) is 18.1 Å². The maximum absolute atomic E-state index is 3.98. The van der Waals surface area contributed by atoms with E-state index in [4.69, 9.17) is 0 Å². The number of benzene rings is 1. The van der Waals surface area contributed by atoms with Crippen LogP contribution in [0.5, 0.6) is 0 Å². The Labute approximate surface area is 121 Å². The number of likely N-dealkylation sites (N-methyl/N-ethyl adjacent to an activating group) is 2. The van der Waals surface area contributed by atoms with Crippen molar-refractivity contribution in [3.63, 3.8) is 0 Å². The van der Waals surface area contributed by atoms with E-state index < -0.39 is 0 Å². The molecule has 0 radical (unpaired) electrons. The molecule has 0 saturated carbocycles. The molecule has 2 heteroatoms. The molecule has 0 bridgehead atoms. The van der Waals surface area contributed by atoms with Gasteiger partial charge in [0, 0.05) is 31.6 Å². The molecule has 0 fully saturated rings. The van der Waals surface area contributed by atoms with E-state index in [1.165, 1.54) is 11.1 Å². The third-order valence-electron chi connectivity index (χ3n) is 3.59. The van der Waals surface area contributed by atoms with E-state index >= 15 is 0 Å². The molecule has 0 saturated heterocycles. The van der Waals surface area contributed by atoms with Gasteiger partial charge in [-0.15, -0.1) is 0 Å². The van der Waals surface area contributed by atoms with Crippen LogP contribution in [-0.2, 0) is 6.42 Å². The molecule has 0 spiro atoms. The summed E-state index contributed by atoms with van der Waals surface area (Å²) in [4.78, 5) is 2.12. The minimum atomic E-state index is 1.06. The topological polar surface area (TPSA) is 15.3 Å². The number of nitrogens with zero attached hydrogens (tertiary/aromatic N) is 1. The molecule has 1 N–H and O–H groups in total. The minimum absolute atomic E-state index is 1.06. The second-order valence-corrected chi connectivity index (χ2v) is 4.83. The molecule has 0 aliphatic carbocycles. The van der Waals surface area contributed by atoms with Gasteiger partial charge in [0.2, 0.25) is 0 Å². The zero-order valence-corrected chi connectivity index (χ0v) is 12.5. The van der Waals surface area contributed by atoms with Crippen molar-refractivity contribution in [2.75, 3.05) is 14.1 Å². The second kappa shape index (κ2) is 6.29. The Morgan fingerprint density at radius 2 is 2.00 bits per heavy atom. The number of nitrogens with one attached hydrogen (secondary N) is 1. The van der Waals surface area contributed by atoms with Gasteiger partial charge >= 0.3 is 0 Å². The zero-order valence-electron chi connectivity index (χ0n) is 12.5. The highest BCUT2D eigenvalue weighted by molar-refractivity contribution is 5.78. The Morgan fingerprint density at radius 3 is 2.55 bits per heavy atom. The number of hydrogen-bond donors (Lipinski definition) is 1. The van der Waals surface area contributed by atoms with Crippen LogP contribution in [0.2, 0.25) is 0 Å². The van der Waals surface area contributed by atoms with Gasteiger partial charge < -0.3 is 10.2 Å². The summed E-state index contributed by atoms with van der Waals surface area (Å²) in [6, 6.07) is 8.70. The largest absolute Gasteiger partial charge is 0.388 e. The predicted molar refractivity (Wildman–Crippen MR) is 87.0 cm³/mol. The summed E-state index contributed by atoms with van der Waals surface area (Å²) in [6.45, 7) is 6.15. The fourth-order valence-corrected chi connectivity index (χ4v) is 2.28. The predicted octanol–water partition coefficient (Wildman–Crippen LogP) is 3.71. The average Bonchev–Trinajstić information content (AvgIpc) is 2.50. The molecule has 0 unspecified atom stereocenters. The van der Waals surface area contributed by atoms with E-state index in [1.807, 2.05) is 13.1 Å². The van der Waals surface area contributed by atoms with Crippen molar-refractivity contribution in [3.05, 3.63) is 77.8 Å². The van der Waals surface area contributed by atoms with E-state index in [9.17, 15) is 0 Å². The first kappa shape index (κ1) is 14.2. The van der Waals surface area contributed by atoms with Crippen LogP contribution in [0.15, 0.2) is 66.7 Å². The normalized spacial score (nSPS) is 16.8. The van der Waals surface area contributed by atoms with Crippen LogP contribution in [0.4, 0.5) is 0 Å². The lowest BCUT2D eigenvalue weighted by atomic mass is 9.99. The van der Waals surface area contributed by atoms with Gasteiger partial charge in [-0.25, -0.2) is 0 Å². The summed E-state index contributed by atoms with van der Waals surface area (Å²) in [6.07, 6.45) is 9.25. The first-order chi connectivity index (χ1) is 9.69. The number of aryl methyl sites for hydroxylation is 1. The van der Waals surface area contributed by atoms with Crippen LogP contribution in [0.3, 0.4) is 0 Å². The lowest BCUT2D eigenvalue weighted by molar-refractivity contribution is 0.581. The first-order valence-electron chi connectivity index (χ1n) is 6.96. The van der Waals surface area contributed by atoms with Gasteiger partial charge in [-0.1, -0.05) is 43.8 Å². The lowest BCUT2D eigenvalue weighted by Crippen LogP contribution is -2.17. The van der Waals surface area contributed by atoms with Crippen LogP contribution < -0.4 is 5.32 Å². The molecule has 2 nitrogen and oxygen atoms in total. The standard InChI is InChI=1S/C18H22N2/c1-5-14-7-9-15(10-8-14)17(6-2)18-13-16(19-3)11-12-20(18)4/h6-13,19H,2,5H2,1,3-4H3/b18-17+. The monoisotopic (exact) mass is 266 g/mol. The average molecular weight is 266 g/mol. The van der Waals surface area contributed by atoms with Gasteiger partial charge in [-0.05, 0) is 29.7 Å². The summed E-state index contributed by atoms with van der Waals surface area (Å²) in [5.41, 5.74) is 5.94. The summed E-state index contributed by atoms with van der Waals surface area (Å²) >= 11 is 0.